The van der Waals surface area contributed by atoms with Gasteiger partial charge in [-0.3, -0.25) is 0 Å². The van der Waals surface area contributed by atoms with E-state index in [-0.39, 0.29) is 11.8 Å². The van der Waals surface area contributed by atoms with Gasteiger partial charge >= 0.3 is 6.61 Å². The number of aromatic nitrogens is 2. The van der Waals surface area contributed by atoms with Gasteiger partial charge in [-0.1, -0.05) is 0 Å². The number of nitrogens with two attached hydrogens (primary N) is 1. The zero-order chi connectivity index (χ0) is 14.8. The molecule has 1 aromatic heterocycles. The molecule has 3 rings (SSSR count). The summed E-state index contributed by atoms with van der Waals surface area (Å²) in [6.07, 6.45) is 4.64. The maximum absolute atomic E-state index is 12.1. The Balaban J connectivity index is 1.87. The first-order valence-corrected chi connectivity index (χ1v) is 6.80. The second kappa shape index (κ2) is 5.73. The molecule has 0 fully saturated rings. The summed E-state index contributed by atoms with van der Waals surface area (Å²) in [5.41, 5.74) is 8.78. The van der Waals surface area contributed by atoms with Crippen molar-refractivity contribution in [2.24, 2.45) is 5.73 Å². The highest BCUT2D eigenvalue weighted by Crippen LogP contribution is 2.28. The number of hydrogen-bond donors (Lipinski definition) is 1. The number of halogens is 2. The summed E-state index contributed by atoms with van der Waals surface area (Å²) in [7, 11) is 0. The lowest BCUT2D eigenvalue weighted by molar-refractivity contribution is -0.0498. The fourth-order valence-corrected chi connectivity index (χ4v) is 2.51. The Labute approximate surface area is 121 Å². The van der Waals surface area contributed by atoms with Crippen LogP contribution >= 0.6 is 0 Å². The van der Waals surface area contributed by atoms with Gasteiger partial charge in [-0.25, -0.2) is 9.97 Å². The van der Waals surface area contributed by atoms with Crippen LogP contribution in [0.1, 0.15) is 30.1 Å². The molecule has 1 aliphatic rings. The van der Waals surface area contributed by atoms with Gasteiger partial charge in [0.1, 0.15) is 5.75 Å². The summed E-state index contributed by atoms with van der Waals surface area (Å²) >= 11 is 0. The number of alkyl halides is 2. The van der Waals surface area contributed by atoms with Crippen LogP contribution in [0.3, 0.4) is 0 Å². The number of hydrogen-bond acceptors (Lipinski definition) is 4. The topological polar surface area (TPSA) is 61.0 Å². The summed E-state index contributed by atoms with van der Waals surface area (Å²) in [5, 5.41) is 0. The van der Waals surface area contributed by atoms with Crippen LogP contribution in [-0.2, 0) is 6.42 Å². The van der Waals surface area contributed by atoms with E-state index >= 15 is 0 Å². The third kappa shape index (κ3) is 3.00. The minimum absolute atomic E-state index is 0.00428. The quantitative estimate of drug-likeness (QED) is 0.944. The van der Waals surface area contributed by atoms with Crippen molar-refractivity contribution in [3.8, 4) is 17.1 Å². The number of benzene rings is 1. The van der Waals surface area contributed by atoms with Crippen LogP contribution in [0.15, 0.2) is 30.5 Å². The predicted octanol–water partition coefficient (Wildman–Crippen LogP) is 3.08. The first-order chi connectivity index (χ1) is 10.1. The van der Waals surface area contributed by atoms with Crippen molar-refractivity contribution in [1.82, 2.24) is 9.97 Å². The molecule has 21 heavy (non-hydrogen) atoms. The molecule has 0 radical (unpaired) electrons. The SMILES string of the molecule is NC1CCCc2nc(-c3ccc(OC(F)F)cc3)ncc21. The highest BCUT2D eigenvalue weighted by atomic mass is 19.3. The van der Waals surface area contributed by atoms with Crippen LogP contribution in [0, 0.1) is 0 Å². The van der Waals surface area contributed by atoms with Gasteiger partial charge in [-0.15, -0.1) is 0 Å². The molecule has 2 N–H and O–H groups in total. The lowest BCUT2D eigenvalue weighted by Crippen LogP contribution is -2.19. The number of rotatable bonds is 3. The van der Waals surface area contributed by atoms with Crippen LogP contribution in [-0.4, -0.2) is 16.6 Å². The third-order valence-electron chi connectivity index (χ3n) is 3.57. The maximum atomic E-state index is 12.1. The molecule has 1 atom stereocenters. The molecule has 1 aliphatic carbocycles. The lowest BCUT2D eigenvalue weighted by atomic mass is 9.93. The molecule has 110 valence electrons. The molecule has 0 spiro atoms. The van der Waals surface area contributed by atoms with Crippen LogP contribution in [0.25, 0.3) is 11.4 Å². The molecule has 1 unspecified atom stereocenters. The summed E-state index contributed by atoms with van der Waals surface area (Å²) in [6.45, 7) is -2.82. The number of ether oxygens (including phenoxy) is 1. The molecule has 0 aliphatic heterocycles. The fourth-order valence-electron chi connectivity index (χ4n) is 2.51. The smallest absolute Gasteiger partial charge is 0.387 e. The average molecular weight is 291 g/mol. The lowest BCUT2D eigenvalue weighted by Gasteiger charge is -2.21. The molecule has 0 saturated heterocycles. The maximum Gasteiger partial charge on any atom is 0.387 e. The van der Waals surface area contributed by atoms with Gasteiger partial charge in [-0.2, -0.15) is 8.78 Å². The monoisotopic (exact) mass is 291 g/mol. The standard InChI is InChI=1S/C15H15F2N3O/c16-15(17)21-10-6-4-9(5-7-10)14-19-8-11-12(18)2-1-3-13(11)20-14/h4-8,12,15H,1-3,18H2. The van der Waals surface area contributed by atoms with Crippen molar-refractivity contribution in [3.63, 3.8) is 0 Å². The number of nitrogens with zero attached hydrogens (tertiary/aromatic N) is 2. The molecule has 1 aromatic carbocycles. The predicted molar refractivity (Wildman–Crippen MR) is 74.0 cm³/mol. The van der Waals surface area contributed by atoms with E-state index in [2.05, 4.69) is 14.7 Å². The molecular formula is C15H15F2N3O. The highest BCUT2D eigenvalue weighted by molar-refractivity contribution is 5.56. The second-order valence-corrected chi connectivity index (χ2v) is 5.00. The van der Waals surface area contributed by atoms with Crippen molar-refractivity contribution >= 4 is 0 Å². The molecular weight excluding hydrogens is 276 g/mol. The minimum atomic E-state index is -2.82. The van der Waals surface area contributed by atoms with E-state index < -0.39 is 6.61 Å². The van der Waals surface area contributed by atoms with E-state index in [1.54, 1.807) is 18.3 Å². The van der Waals surface area contributed by atoms with Crippen molar-refractivity contribution in [3.05, 3.63) is 41.7 Å². The van der Waals surface area contributed by atoms with Gasteiger partial charge < -0.3 is 10.5 Å². The minimum Gasteiger partial charge on any atom is -0.435 e. The Kier molecular flexibility index (Phi) is 3.79. The van der Waals surface area contributed by atoms with Gasteiger partial charge in [0.05, 0.1) is 0 Å². The molecule has 2 aromatic rings. The van der Waals surface area contributed by atoms with E-state index in [0.29, 0.717) is 5.82 Å². The van der Waals surface area contributed by atoms with Gasteiger partial charge in [-0.05, 0) is 43.5 Å². The van der Waals surface area contributed by atoms with Gasteiger partial charge in [0.2, 0.25) is 0 Å². The zero-order valence-corrected chi connectivity index (χ0v) is 11.3. The Morgan fingerprint density at radius 2 is 2.00 bits per heavy atom. The summed E-state index contributed by atoms with van der Waals surface area (Å²) in [4.78, 5) is 8.87. The highest BCUT2D eigenvalue weighted by Gasteiger charge is 2.19. The van der Waals surface area contributed by atoms with E-state index in [0.717, 1.165) is 36.1 Å². The summed E-state index contributed by atoms with van der Waals surface area (Å²) in [6, 6.07) is 6.31. The van der Waals surface area contributed by atoms with Crippen LogP contribution in [0.2, 0.25) is 0 Å². The molecule has 0 saturated carbocycles. The largest absolute Gasteiger partial charge is 0.435 e. The molecule has 0 amide bonds. The number of aryl methyl sites for hydroxylation is 1. The summed E-state index contributed by atoms with van der Waals surface area (Å²) in [5.74, 6) is 0.695. The van der Waals surface area contributed by atoms with E-state index in [9.17, 15) is 8.78 Å². The van der Waals surface area contributed by atoms with Crippen molar-refractivity contribution < 1.29 is 13.5 Å². The van der Waals surface area contributed by atoms with Crippen molar-refractivity contribution in [2.75, 3.05) is 0 Å². The Bertz CT molecular complexity index is 631. The normalized spacial score (nSPS) is 17.6. The van der Waals surface area contributed by atoms with Crippen LogP contribution < -0.4 is 10.5 Å². The Hall–Kier alpha value is -2.08. The molecule has 4 nitrogen and oxygen atoms in total. The Morgan fingerprint density at radius 1 is 1.24 bits per heavy atom. The first kappa shape index (κ1) is 13.9. The molecule has 0 bridgehead atoms. The van der Waals surface area contributed by atoms with Gasteiger partial charge in [0, 0.05) is 29.1 Å². The van der Waals surface area contributed by atoms with Gasteiger partial charge in [0.15, 0.2) is 5.82 Å². The van der Waals surface area contributed by atoms with Crippen molar-refractivity contribution in [1.29, 1.82) is 0 Å². The van der Waals surface area contributed by atoms with Crippen LogP contribution in [0.4, 0.5) is 8.78 Å². The van der Waals surface area contributed by atoms with E-state index in [4.69, 9.17) is 5.73 Å². The second-order valence-electron chi connectivity index (χ2n) is 5.00. The average Bonchev–Trinajstić information content (AvgIpc) is 2.47. The van der Waals surface area contributed by atoms with E-state index in [1.165, 1.54) is 12.1 Å². The first-order valence-electron chi connectivity index (χ1n) is 6.80. The van der Waals surface area contributed by atoms with Crippen LogP contribution in [0.5, 0.6) is 5.75 Å². The third-order valence-corrected chi connectivity index (χ3v) is 3.57. The van der Waals surface area contributed by atoms with E-state index in [1.807, 2.05) is 0 Å². The summed E-state index contributed by atoms with van der Waals surface area (Å²) < 4.78 is 28.5. The Morgan fingerprint density at radius 3 is 2.71 bits per heavy atom. The van der Waals surface area contributed by atoms with Crippen molar-refractivity contribution in [2.45, 2.75) is 31.9 Å². The zero-order valence-electron chi connectivity index (χ0n) is 11.3. The molecule has 1 heterocycles. The molecule has 6 heteroatoms. The van der Waals surface area contributed by atoms with Gasteiger partial charge in [0.25, 0.3) is 0 Å². The number of fused-ring (bicyclic) bond motifs is 1. The fraction of sp³-hybridized carbons (Fsp3) is 0.333.